The van der Waals surface area contributed by atoms with Gasteiger partial charge >= 0.3 is 0 Å². The molecule has 4 aliphatic rings. The molecule has 4 fully saturated rings. The van der Waals surface area contributed by atoms with Crippen molar-refractivity contribution in [2.45, 2.75) is 153 Å². The Labute approximate surface area is 540 Å². The highest BCUT2D eigenvalue weighted by atomic mass is 79.9. The average molecular weight is 1400 g/mol. The molecule has 87 heavy (non-hydrogen) atoms. The molecule has 0 unspecified atom stereocenters. The van der Waals surface area contributed by atoms with Gasteiger partial charge in [-0.2, -0.15) is 10.1 Å². The average Bonchev–Trinajstić information content (AvgIpc) is 3.84. The Bertz CT molecular complexity index is 3800. The van der Waals surface area contributed by atoms with Gasteiger partial charge in [-0.1, -0.05) is 112 Å². The Kier molecular flexibility index (Phi) is 21.6. The molecule has 26 heteroatoms. The molecule has 0 spiro atoms. The minimum Gasteiger partial charge on any atom is -0.378 e. The molecule has 460 valence electrons. The van der Waals surface area contributed by atoms with Crippen LogP contribution in [0.4, 0.5) is 33.4 Å². The molecule has 3 aliphatic carbocycles. The van der Waals surface area contributed by atoms with Crippen LogP contribution in [0.5, 0.6) is 0 Å². The normalized spacial score (nSPS) is 16.5. The number of ether oxygens (including phenoxy) is 3. The Morgan fingerprint density at radius 3 is 1.83 bits per heavy atom. The van der Waals surface area contributed by atoms with Gasteiger partial charge in [-0.25, -0.2) is 19.6 Å². The molecule has 13 rings (SSSR count). The number of hydrogen-bond acceptors (Lipinski definition) is 21. The van der Waals surface area contributed by atoms with Gasteiger partial charge in [0.1, 0.15) is 40.1 Å². The molecule has 0 radical (unpaired) electrons. The monoisotopic (exact) mass is 1390 g/mol. The molecule has 0 aromatic carbocycles. The Morgan fingerprint density at radius 2 is 1.17 bits per heavy atom. The first kappa shape index (κ1) is 63.4. The lowest BCUT2D eigenvalue weighted by Gasteiger charge is -2.28. The summed E-state index contributed by atoms with van der Waals surface area (Å²) in [4.78, 5) is 37.7. The first-order chi connectivity index (χ1) is 42.1. The molecular weight excluding hydrogens is 1320 g/mol. The number of aromatic nitrogens is 12. The molecule has 0 bridgehead atoms. The van der Waals surface area contributed by atoms with E-state index >= 15 is 0 Å². The maximum atomic E-state index is 6.09. The van der Waals surface area contributed by atoms with Crippen LogP contribution in [-0.4, -0.2) is 122 Å². The third-order valence-electron chi connectivity index (χ3n) is 15.9. The number of morpholine rings is 1. The summed E-state index contributed by atoms with van der Waals surface area (Å²) in [6.45, 7) is 19.9. The number of halogens is 2. The van der Waals surface area contributed by atoms with Crippen LogP contribution in [0.2, 0.25) is 51.4 Å². The molecular formula is C61H78Br2N16O3S3Si2. The number of nitrogens with one attached hydrogen (secondary N) is 1. The lowest BCUT2D eigenvalue weighted by Crippen LogP contribution is -2.36. The van der Waals surface area contributed by atoms with Gasteiger partial charge < -0.3 is 24.4 Å². The van der Waals surface area contributed by atoms with E-state index in [4.69, 9.17) is 34.3 Å². The second-order valence-electron chi connectivity index (χ2n) is 25.1. The Hall–Kier alpha value is -5.17. The van der Waals surface area contributed by atoms with Crippen molar-refractivity contribution >= 4 is 149 Å². The van der Waals surface area contributed by atoms with Crippen molar-refractivity contribution in [3.63, 3.8) is 0 Å². The van der Waals surface area contributed by atoms with E-state index < -0.39 is 16.1 Å². The Balaban J connectivity index is 0.000000135. The van der Waals surface area contributed by atoms with Crippen molar-refractivity contribution in [2.75, 3.05) is 61.4 Å². The molecule has 0 atom stereocenters. The van der Waals surface area contributed by atoms with Crippen LogP contribution < -0.4 is 19.9 Å². The van der Waals surface area contributed by atoms with E-state index in [0.29, 0.717) is 37.0 Å². The van der Waals surface area contributed by atoms with Crippen molar-refractivity contribution in [1.82, 2.24) is 60.1 Å². The number of nitrogens with zero attached hydrogens (tertiary/aromatic N) is 15. The quantitative estimate of drug-likeness (QED) is 0.0454. The minimum absolute atomic E-state index is 0.420. The van der Waals surface area contributed by atoms with Crippen LogP contribution in [0, 0.1) is 0 Å². The van der Waals surface area contributed by atoms with Gasteiger partial charge in [0, 0.05) is 81.5 Å². The Morgan fingerprint density at radius 1 is 0.609 bits per heavy atom. The summed E-state index contributed by atoms with van der Waals surface area (Å²) in [7, 11) is -2.25. The predicted octanol–water partition coefficient (Wildman–Crippen LogP) is 15.9. The first-order valence-electron chi connectivity index (χ1n) is 30.5. The summed E-state index contributed by atoms with van der Waals surface area (Å²) in [5.41, 5.74) is 6.25. The molecule has 0 amide bonds. The molecule has 9 aromatic heterocycles. The minimum atomic E-state index is -1.14. The maximum Gasteiger partial charge on any atom is 0.215 e. The van der Waals surface area contributed by atoms with Crippen LogP contribution in [0.3, 0.4) is 0 Å². The SMILES string of the molecule is C[Si](C)(C)CCOCN(c1ccc2ncc(Br)cc2n1)c1nnc(C2CCCC2)s1.C[Si](C)(C)CCOCn1nc(C2CCCC2)sc1=Nc1ccc2ncc(Br)cc2n1.c1nc2ccc(Nc3nnc(C4CCCC4)s3)nc2cc1N1CCOCC1. The van der Waals surface area contributed by atoms with Gasteiger partial charge in [-0.15, -0.1) is 20.4 Å². The summed E-state index contributed by atoms with van der Waals surface area (Å²) in [6.07, 6.45) is 20.6. The van der Waals surface area contributed by atoms with E-state index in [1.54, 1.807) is 46.4 Å². The highest BCUT2D eigenvalue weighted by Crippen LogP contribution is 2.40. The van der Waals surface area contributed by atoms with E-state index in [0.717, 1.165) is 136 Å². The fourth-order valence-corrected chi connectivity index (χ4v) is 16.0. The fraction of sp³-hybridized carbons (Fsp3) is 0.508. The zero-order valence-electron chi connectivity index (χ0n) is 50.6. The van der Waals surface area contributed by atoms with Crippen LogP contribution in [-0.2, 0) is 20.9 Å². The molecule has 1 saturated heterocycles. The van der Waals surface area contributed by atoms with Crippen LogP contribution in [0.25, 0.3) is 33.1 Å². The van der Waals surface area contributed by atoms with Gasteiger partial charge in [0.25, 0.3) is 0 Å². The number of anilines is 5. The zero-order valence-corrected chi connectivity index (χ0v) is 58.3. The second-order valence-corrected chi connectivity index (χ2v) is 41.2. The summed E-state index contributed by atoms with van der Waals surface area (Å²) in [5.74, 6) is 3.94. The zero-order chi connectivity index (χ0) is 60.3. The van der Waals surface area contributed by atoms with Gasteiger partial charge in [0.15, 0.2) is 5.82 Å². The van der Waals surface area contributed by atoms with Crippen molar-refractivity contribution in [1.29, 1.82) is 0 Å². The third kappa shape index (κ3) is 17.8. The van der Waals surface area contributed by atoms with E-state index in [-0.39, 0.29) is 0 Å². The van der Waals surface area contributed by atoms with E-state index in [9.17, 15) is 0 Å². The topological polar surface area (TPSA) is 205 Å². The molecule has 9 aromatic rings. The first-order valence-corrected chi connectivity index (χ1v) is 42.0. The molecule has 1 N–H and O–H groups in total. The van der Waals surface area contributed by atoms with Crippen molar-refractivity contribution < 1.29 is 14.2 Å². The maximum absolute atomic E-state index is 6.09. The summed E-state index contributed by atoms with van der Waals surface area (Å²) >= 11 is 11.9. The van der Waals surface area contributed by atoms with Crippen LogP contribution in [0.1, 0.15) is 110 Å². The lowest BCUT2D eigenvalue weighted by molar-refractivity contribution is 0.0757. The van der Waals surface area contributed by atoms with Gasteiger partial charge in [0.05, 0.1) is 58.2 Å². The smallest absolute Gasteiger partial charge is 0.215 e. The lowest BCUT2D eigenvalue weighted by atomic mass is 10.1. The predicted molar refractivity (Wildman–Crippen MR) is 364 cm³/mol. The highest BCUT2D eigenvalue weighted by molar-refractivity contribution is 9.10. The second kappa shape index (κ2) is 29.6. The molecule has 10 heterocycles. The summed E-state index contributed by atoms with van der Waals surface area (Å²) < 4.78 is 21.2. The number of pyridine rings is 6. The van der Waals surface area contributed by atoms with Gasteiger partial charge in [-0.05, 0) is 137 Å². The van der Waals surface area contributed by atoms with E-state index in [2.05, 4.69) is 128 Å². The standard InChI is InChI=1S/2C21H28BrN5OSSi.C19H22N6OS/c1-30(2,3)11-10-28-14-27(21-26-25-20(29-21)15-6-4-5-7-15)19-9-8-17-18(24-19)12-16(22)13-23-17;1-30(2,3)11-10-28-14-27-21(29-20(26-27)15-6-4-5-7-15)25-19-9-8-17-18(24-19)12-16(22)13-23-17;1-2-4-13(3-1)18-23-24-19(27-18)22-17-6-5-15-16(21-17)11-14(12-20-15)25-7-9-26-10-8-25/h2*8-9,12-13,15H,4-7,10-11,14H2,1-3H3;5-6,11-13H,1-4,7-10H2,(H,21,22,24). The van der Waals surface area contributed by atoms with Crippen molar-refractivity contribution in [2.24, 2.45) is 4.99 Å². The van der Waals surface area contributed by atoms with Crippen LogP contribution in [0.15, 0.2) is 87.1 Å². The number of hydrogen-bond donors (Lipinski definition) is 1. The fourth-order valence-electron chi connectivity index (χ4n) is 10.8. The third-order valence-corrected chi connectivity index (χ3v) is 23.4. The number of fused-ring (bicyclic) bond motifs is 3. The van der Waals surface area contributed by atoms with E-state index in [1.807, 2.05) is 64.3 Å². The number of rotatable bonds is 19. The molecule has 19 nitrogen and oxygen atoms in total. The summed E-state index contributed by atoms with van der Waals surface area (Å²) in [6, 6.07) is 20.1. The van der Waals surface area contributed by atoms with Crippen LogP contribution >= 0.6 is 65.9 Å². The van der Waals surface area contributed by atoms with E-state index in [1.165, 1.54) is 82.1 Å². The summed E-state index contributed by atoms with van der Waals surface area (Å²) in [5, 5.41) is 31.0. The van der Waals surface area contributed by atoms with Gasteiger partial charge in [0.2, 0.25) is 15.1 Å². The van der Waals surface area contributed by atoms with Crippen molar-refractivity contribution in [3.8, 4) is 0 Å². The highest BCUT2D eigenvalue weighted by Gasteiger charge is 2.26. The largest absolute Gasteiger partial charge is 0.378 e. The molecule has 3 saturated carbocycles. The van der Waals surface area contributed by atoms with Gasteiger partial charge in [-0.3, -0.25) is 19.9 Å². The molecule has 1 aliphatic heterocycles. The van der Waals surface area contributed by atoms with Crippen molar-refractivity contribution in [3.05, 3.63) is 102 Å².